The third-order valence-electron chi connectivity index (χ3n) is 4.15. The van der Waals surface area contributed by atoms with Gasteiger partial charge in [-0.2, -0.15) is 9.97 Å². The summed E-state index contributed by atoms with van der Waals surface area (Å²) in [5, 5.41) is 0.317. The number of thioether (sulfide) groups is 1. The molecule has 1 rings (SSSR count). The molecule has 0 bridgehead atoms. The number of hydrogen-bond donors (Lipinski definition) is 0. The highest BCUT2D eigenvalue weighted by Crippen LogP contribution is 2.42. The summed E-state index contributed by atoms with van der Waals surface area (Å²) in [6.45, 7) is 6.37. The second kappa shape index (κ2) is 8.22. The van der Waals surface area contributed by atoms with Crippen LogP contribution in [-0.4, -0.2) is 35.7 Å². The zero-order valence-corrected chi connectivity index (χ0v) is 14.2. The summed E-state index contributed by atoms with van der Waals surface area (Å²) in [6, 6.07) is 1.62. The SMILES string of the molecule is CCC(CC)(CC)C(C=O)Sc1nc(OC)cc(OC)n1. The van der Waals surface area contributed by atoms with Crippen molar-refractivity contribution in [1.29, 1.82) is 0 Å². The minimum Gasteiger partial charge on any atom is -0.481 e. The molecule has 1 atom stereocenters. The maximum atomic E-state index is 11.6. The highest BCUT2D eigenvalue weighted by atomic mass is 32.2. The molecular formula is C15H24N2O3S. The van der Waals surface area contributed by atoms with Crippen LogP contribution >= 0.6 is 11.8 Å². The van der Waals surface area contributed by atoms with E-state index < -0.39 is 0 Å². The molecular weight excluding hydrogens is 288 g/mol. The fraction of sp³-hybridized carbons (Fsp3) is 0.667. The van der Waals surface area contributed by atoms with Crippen molar-refractivity contribution in [3.8, 4) is 11.8 Å². The Balaban J connectivity index is 3.08. The molecule has 0 saturated carbocycles. The largest absolute Gasteiger partial charge is 0.481 e. The van der Waals surface area contributed by atoms with Crippen molar-refractivity contribution in [1.82, 2.24) is 9.97 Å². The fourth-order valence-electron chi connectivity index (χ4n) is 2.41. The van der Waals surface area contributed by atoms with Gasteiger partial charge in [0.1, 0.15) is 6.29 Å². The minimum absolute atomic E-state index is 0.0356. The number of aldehydes is 1. The van der Waals surface area contributed by atoms with E-state index >= 15 is 0 Å². The minimum atomic E-state index is -0.186. The quantitative estimate of drug-likeness (QED) is 0.396. The molecule has 0 radical (unpaired) electrons. The molecule has 0 saturated heterocycles. The molecule has 0 aliphatic carbocycles. The van der Waals surface area contributed by atoms with E-state index in [-0.39, 0.29) is 10.7 Å². The van der Waals surface area contributed by atoms with Gasteiger partial charge in [0.05, 0.1) is 25.5 Å². The van der Waals surface area contributed by atoms with Crippen LogP contribution < -0.4 is 9.47 Å². The Bertz CT molecular complexity index is 434. The average molecular weight is 312 g/mol. The first kappa shape index (κ1) is 17.8. The Morgan fingerprint density at radius 1 is 1.14 bits per heavy atom. The molecule has 1 aromatic rings. The van der Waals surface area contributed by atoms with Gasteiger partial charge in [-0.1, -0.05) is 32.5 Å². The summed E-state index contributed by atoms with van der Waals surface area (Å²) in [5.74, 6) is 0.869. The summed E-state index contributed by atoms with van der Waals surface area (Å²) in [5.41, 5.74) is -0.0356. The van der Waals surface area contributed by atoms with Crippen LogP contribution in [-0.2, 0) is 4.79 Å². The molecule has 0 fully saturated rings. The highest BCUT2D eigenvalue weighted by Gasteiger charge is 2.35. The molecule has 0 amide bonds. The van der Waals surface area contributed by atoms with E-state index in [1.54, 1.807) is 20.3 Å². The molecule has 6 heteroatoms. The Kier molecular flexibility index (Phi) is 6.95. The van der Waals surface area contributed by atoms with Crippen LogP contribution in [0.2, 0.25) is 0 Å². The first-order valence-corrected chi connectivity index (χ1v) is 8.06. The molecule has 1 heterocycles. The maximum Gasteiger partial charge on any atom is 0.220 e. The fourth-order valence-corrected chi connectivity index (χ4v) is 3.73. The molecule has 21 heavy (non-hydrogen) atoms. The highest BCUT2D eigenvalue weighted by molar-refractivity contribution is 8.00. The van der Waals surface area contributed by atoms with Gasteiger partial charge in [0, 0.05) is 0 Å². The van der Waals surface area contributed by atoms with Crippen molar-refractivity contribution < 1.29 is 14.3 Å². The van der Waals surface area contributed by atoms with E-state index in [0.717, 1.165) is 25.5 Å². The third-order valence-corrected chi connectivity index (χ3v) is 5.41. The van der Waals surface area contributed by atoms with Crippen molar-refractivity contribution in [3.05, 3.63) is 6.07 Å². The number of aromatic nitrogens is 2. The third kappa shape index (κ3) is 4.09. The van der Waals surface area contributed by atoms with E-state index in [4.69, 9.17) is 9.47 Å². The molecule has 0 aromatic carbocycles. The normalized spacial score (nSPS) is 12.8. The molecule has 1 unspecified atom stereocenters. The first-order valence-electron chi connectivity index (χ1n) is 7.18. The second-order valence-electron chi connectivity index (χ2n) is 4.83. The van der Waals surface area contributed by atoms with Gasteiger partial charge in [0.2, 0.25) is 11.8 Å². The van der Waals surface area contributed by atoms with E-state index in [1.807, 2.05) is 0 Å². The van der Waals surface area contributed by atoms with Crippen LogP contribution in [0.3, 0.4) is 0 Å². The van der Waals surface area contributed by atoms with Gasteiger partial charge in [0.15, 0.2) is 5.16 Å². The Morgan fingerprint density at radius 2 is 1.62 bits per heavy atom. The van der Waals surface area contributed by atoms with E-state index in [1.165, 1.54) is 11.8 Å². The molecule has 0 aliphatic rings. The number of carbonyl (C=O) groups excluding carboxylic acids is 1. The van der Waals surface area contributed by atoms with Crippen LogP contribution in [0.25, 0.3) is 0 Å². The standard InChI is InChI=1S/C15H24N2O3S/c1-6-15(7-2,8-3)11(10-18)21-14-16-12(19-4)9-13(17-14)20-5/h9-11H,6-8H2,1-5H3. The zero-order valence-electron chi connectivity index (χ0n) is 13.4. The zero-order chi connectivity index (χ0) is 15.9. The average Bonchev–Trinajstić information content (AvgIpc) is 2.55. The predicted molar refractivity (Wildman–Crippen MR) is 84.2 cm³/mol. The summed E-state index contributed by atoms with van der Waals surface area (Å²) in [7, 11) is 3.09. The first-order chi connectivity index (χ1) is 10.1. The van der Waals surface area contributed by atoms with Crippen LogP contribution in [0.5, 0.6) is 11.8 Å². The predicted octanol–water partition coefficient (Wildman–Crippen LogP) is 3.37. The molecule has 0 aliphatic heterocycles. The Morgan fingerprint density at radius 3 is 1.95 bits per heavy atom. The van der Waals surface area contributed by atoms with Crippen LogP contribution in [0.4, 0.5) is 0 Å². The molecule has 118 valence electrons. The number of rotatable bonds is 9. The molecule has 1 aromatic heterocycles. The number of ether oxygens (including phenoxy) is 2. The number of hydrogen-bond acceptors (Lipinski definition) is 6. The van der Waals surface area contributed by atoms with Crippen molar-refractivity contribution in [3.63, 3.8) is 0 Å². The van der Waals surface area contributed by atoms with Crippen LogP contribution in [0.1, 0.15) is 40.0 Å². The monoisotopic (exact) mass is 312 g/mol. The van der Waals surface area contributed by atoms with Gasteiger partial charge in [-0.25, -0.2) is 0 Å². The molecule has 5 nitrogen and oxygen atoms in total. The van der Waals surface area contributed by atoms with E-state index in [2.05, 4.69) is 30.7 Å². The van der Waals surface area contributed by atoms with Gasteiger partial charge >= 0.3 is 0 Å². The van der Waals surface area contributed by atoms with Crippen molar-refractivity contribution in [2.24, 2.45) is 5.41 Å². The van der Waals surface area contributed by atoms with E-state index in [0.29, 0.717) is 16.9 Å². The lowest BCUT2D eigenvalue weighted by molar-refractivity contribution is -0.109. The second-order valence-corrected chi connectivity index (χ2v) is 5.94. The number of carbonyl (C=O) groups is 1. The lowest BCUT2D eigenvalue weighted by Gasteiger charge is -2.35. The molecule has 0 spiro atoms. The van der Waals surface area contributed by atoms with Gasteiger partial charge in [0.25, 0.3) is 0 Å². The maximum absolute atomic E-state index is 11.6. The summed E-state index contributed by atoms with van der Waals surface area (Å²) in [4.78, 5) is 20.2. The van der Waals surface area contributed by atoms with Crippen molar-refractivity contribution in [2.45, 2.75) is 50.4 Å². The topological polar surface area (TPSA) is 61.3 Å². The van der Waals surface area contributed by atoms with Crippen LogP contribution in [0, 0.1) is 5.41 Å². The van der Waals surface area contributed by atoms with Crippen molar-refractivity contribution >= 4 is 18.0 Å². The lowest BCUT2D eigenvalue weighted by Crippen LogP contribution is -2.32. The van der Waals surface area contributed by atoms with Crippen LogP contribution in [0.15, 0.2) is 11.2 Å². The van der Waals surface area contributed by atoms with Gasteiger partial charge in [-0.3, -0.25) is 0 Å². The summed E-state index contributed by atoms with van der Waals surface area (Å²) >= 11 is 1.38. The lowest BCUT2D eigenvalue weighted by atomic mass is 9.77. The smallest absolute Gasteiger partial charge is 0.220 e. The summed E-state index contributed by atoms with van der Waals surface area (Å²) in [6.07, 6.45) is 3.84. The number of methoxy groups -OCH3 is 2. The Hall–Kier alpha value is -1.30. The van der Waals surface area contributed by atoms with Gasteiger partial charge in [-0.05, 0) is 24.7 Å². The number of nitrogens with zero attached hydrogens (tertiary/aromatic N) is 2. The van der Waals surface area contributed by atoms with Gasteiger partial charge in [-0.15, -0.1) is 0 Å². The summed E-state index contributed by atoms with van der Waals surface area (Å²) < 4.78 is 10.3. The Labute approximate surface area is 130 Å². The van der Waals surface area contributed by atoms with Gasteiger partial charge < -0.3 is 14.3 Å². The van der Waals surface area contributed by atoms with Crippen molar-refractivity contribution in [2.75, 3.05) is 14.2 Å². The van der Waals surface area contributed by atoms with E-state index in [9.17, 15) is 4.79 Å². The molecule has 0 N–H and O–H groups in total.